The van der Waals surface area contributed by atoms with Crippen molar-refractivity contribution in [1.29, 1.82) is 0 Å². The Kier molecular flexibility index (Phi) is 6.63. The first kappa shape index (κ1) is 23.2. The summed E-state index contributed by atoms with van der Waals surface area (Å²) in [5, 5.41) is 1.15. The van der Waals surface area contributed by atoms with Gasteiger partial charge in [-0.1, -0.05) is 76.1 Å². The number of aliphatic imine (C=N–C) groups is 1. The maximum absolute atomic E-state index is 13.0. The molecular formula is C27H15BrClNO4S. The van der Waals surface area contributed by atoms with Crippen molar-refractivity contribution in [3.05, 3.63) is 110 Å². The highest BCUT2D eigenvalue weighted by Crippen LogP contribution is 2.36. The van der Waals surface area contributed by atoms with Crippen molar-refractivity contribution in [1.82, 2.24) is 0 Å². The molecule has 0 saturated heterocycles. The van der Waals surface area contributed by atoms with Crippen LogP contribution < -0.4 is 4.74 Å². The number of hydrogen-bond donors (Lipinski definition) is 0. The van der Waals surface area contributed by atoms with Crippen LogP contribution in [0, 0.1) is 0 Å². The van der Waals surface area contributed by atoms with E-state index in [1.165, 1.54) is 17.4 Å². The van der Waals surface area contributed by atoms with Gasteiger partial charge in [-0.05, 0) is 42.0 Å². The summed E-state index contributed by atoms with van der Waals surface area (Å²) in [4.78, 5) is 29.9. The lowest BCUT2D eigenvalue weighted by molar-refractivity contribution is -0.129. The number of esters is 2. The first-order chi connectivity index (χ1) is 17.0. The Morgan fingerprint density at radius 3 is 2.60 bits per heavy atom. The summed E-state index contributed by atoms with van der Waals surface area (Å²) < 4.78 is 12.6. The molecule has 1 aliphatic heterocycles. The Morgan fingerprint density at radius 2 is 1.80 bits per heavy atom. The third-order valence-electron chi connectivity index (χ3n) is 5.04. The number of carbonyl (C=O) groups is 2. The number of hydrogen-bond acceptors (Lipinski definition) is 6. The number of benzene rings is 3. The molecule has 3 aromatic carbocycles. The van der Waals surface area contributed by atoms with Gasteiger partial charge in [-0.25, -0.2) is 14.6 Å². The van der Waals surface area contributed by atoms with Gasteiger partial charge in [0.05, 0.1) is 5.02 Å². The van der Waals surface area contributed by atoms with Gasteiger partial charge in [0.2, 0.25) is 5.90 Å². The molecule has 0 atom stereocenters. The molecule has 172 valence electrons. The van der Waals surface area contributed by atoms with Gasteiger partial charge < -0.3 is 9.47 Å². The lowest BCUT2D eigenvalue weighted by Gasteiger charge is -2.08. The minimum Gasteiger partial charge on any atom is -0.422 e. The average Bonchev–Trinajstić information content (AvgIpc) is 3.39. The van der Waals surface area contributed by atoms with E-state index in [0.717, 1.165) is 20.1 Å². The van der Waals surface area contributed by atoms with Gasteiger partial charge in [0.25, 0.3) is 0 Å². The molecule has 0 aliphatic carbocycles. The lowest BCUT2D eigenvalue weighted by atomic mass is 10.1. The summed E-state index contributed by atoms with van der Waals surface area (Å²) in [6, 6.07) is 22.2. The topological polar surface area (TPSA) is 65.0 Å². The molecule has 0 N–H and O–H groups in total. The average molecular weight is 565 g/mol. The quantitative estimate of drug-likeness (QED) is 0.143. The first-order valence-electron chi connectivity index (χ1n) is 10.4. The first-order valence-corrected chi connectivity index (χ1v) is 12.4. The summed E-state index contributed by atoms with van der Waals surface area (Å²) in [5.41, 5.74) is 1.52. The molecule has 0 amide bonds. The number of carbonyl (C=O) groups excluding carboxylic acids is 2. The van der Waals surface area contributed by atoms with Crippen LogP contribution in [0.3, 0.4) is 0 Å². The number of halogens is 2. The molecule has 1 aromatic heterocycles. The van der Waals surface area contributed by atoms with E-state index < -0.39 is 11.9 Å². The fourth-order valence-corrected chi connectivity index (χ4v) is 5.16. The fourth-order valence-electron chi connectivity index (χ4n) is 3.39. The summed E-state index contributed by atoms with van der Waals surface area (Å²) in [6.07, 6.45) is 4.95. The number of rotatable bonds is 5. The highest BCUT2D eigenvalue weighted by molar-refractivity contribution is 9.10. The van der Waals surface area contributed by atoms with E-state index in [2.05, 4.69) is 20.9 Å². The van der Waals surface area contributed by atoms with Gasteiger partial charge in [0, 0.05) is 26.2 Å². The monoisotopic (exact) mass is 563 g/mol. The summed E-state index contributed by atoms with van der Waals surface area (Å²) in [7, 11) is 0. The van der Waals surface area contributed by atoms with Crippen molar-refractivity contribution < 1.29 is 19.1 Å². The fraction of sp³-hybridized carbons (Fsp3) is 0. The van der Waals surface area contributed by atoms with E-state index in [-0.39, 0.29) is 17.3 Å². The zero-order valence-electron chi connectivity index (χ0n) is 17.9. The van der Waals surface area contributed by atoms with Crippen molar-refractivity contribution in [2.45, 2.75) is 0 Å². The molecule has 2 heterocycles. The van der Waals surface area contributed by atoms with Crippen LogP contribution in [-0.4, -0.2) is 17.8 Å². The van der Waals surface area contributed by atoms with Gasteiger partial charge in [0.1, 0.15) is 10.6 Å². The van der Waals surface area contributed by atoms with Crippen LogP contribution in [0.5, 0.6) is 5.75 Å². The zero-order chi connectivity index (χ0) is 24.4. The van der Waals surface area contributed by atoms with Crippen molar-refractivity contribution in [2.24, 2.45) is 4.99 Å². The SMILES string of the molecule is O=C1OC(/C=C/c2ccccc2)=NC/1=C/c1cc(Br)ccc1OC(=O)c1sc2ccccc2c1Cl. The second-order valence-corrected chi connectivity index (χ2v) is 9.77. The molecule has 5 nitrogen and oxygen atoms in total. The van der Waals surface area contributed by atoms with Crippen LogP contribution in [-0.2, 0) is 9.53 Å². The van der Waals surface area contributed by atoms with Crippen LogP contribution in [0.15, 0.2) is 94.0 Å². The van der Waals surface area contributed by atoms with E-state index in [0.29, 0.717) is 15.5 Å². The number of ether oxygens (including phenoxy) is 2. The minimum absolute atomic E-state index is 0.0907. The van der Waals surface area contributed by atoms with E-state index in [1.807, 2.05) is 54.6 Å². The van der Waals surface area contributed by atoms with Crippen molar-refractivity contribution in [2.75, 3.05) is 0 Å². The molecule has 5 rings (SSSR count). The van der Waals surface area contributed by atoms with Crippen LogP contribution in [0.25, 0.3) is 22.2 Å². The van der Waals surface area contributed by atoms with Crippen molar-refractivity contribution in [3.8, 4) is 5.75 Å². The van der Waals surface area contributed by atoms with Gasteiger partial charge in [-0.2, -0.15) is 0 Å². The Bertz CT molecular complexity index is 1560. The van der Waals surface area contributed by atoms with Gasteiger partial charge in [0.15, 0.2) is 5.70 Å². The number of cyclic esters (lactones) is 1. The largest absolute Gasteiger partial charge is 0.422 e. The summed E-state index contributed by atoms with van der Waals surface area (Å²) >= 11 is 11.1. The van der Waals surface area contributed by atoms with E-state index in [4.69, 9.17) is 21.1 Å². The van der Waals surface area contributed by atoms with Crippen LogP contribution in [0.1, 0.15) is 20.8 Å². The van der Waals surface area contributed by atoms with Gasteiger partial charge in [-0.3, -0.25) is 0 Å². The molecule has 0 radical (unpaired) electrons. The van der Waals surface area contributed by atoms with Crippen LogP contribution in [0.2, 0.25) is 5.02 Å². The second kappa shape index (κ2) is 10.00. The maximum atomic E-state index is 13.0. The number of nitrogens with zero attached hydrogens (tertiary/aromatic N) is 1. The van der Waals surface area contributed by atoms with E-state index in [9.17, 15) is 9.59 Å². The third kappa shape index (κ3) is 5.12. The Morgan fingerprint density at radius 1 is 1.03 bits per heavy atom. The molecule has 0 saturated carbocycles. The second-order valence-electron chi connectivity index (χ2n) is 7.43. The maximum Gasteiger partial charge on any atom is 0.363 e. The normalized spacial score (nSPS) is 14.5. The molecular weight excluding hydrogens is 550 g/mol. The standard InChI is InChI=1S/C27H15BrClNO4S/c28-18-11-12-21(33-27(32)25-24(29)19-8-4-5-9-22(19)35-25)17(14-18)15-20-26(31)34-23(30-20)13-10-16-6-2-1-3-7-16/h1-15H/b13-10+,20-15+. The molecule has 0 bridgehead atoms. The summed E-state index contributed by atoms with van der Waals surface area (Å²) in [6.45, 7) is 0. The van der Waals surface area contributed by atoms with Crippen molar-refractivity contribution in [3.63, 3.8) is 0 Å². The lowest BCUT2D eigenvalue weighted by Crippen LogP contribution is -2.08. The smallest absolute Gasteiger partial charge is 0.363 e. The third-order valence-corrected chi connectivity index (χ3v) is 7.19. The molecule has 0 fully saturated rings. The van der Waals surface area contributed by atoms with Gasteiger partial charge in [-0.15, -0.1) is 11.3 Å². The van der Waals surface area contributed by atoms with Crippen LogP contribution in [0.4, 0.5) is 0 Å². The highest BCUT2D eigenvalue weighted by atomic mass is 79.9. The molecule has 0 unspecified atom stereocenters. The predicted molar refractivity (Wildman–Crippen MR) is 143 cm³/mol. The number of fused-ring (bicyclic) bond motifs is 1. The van der Waals surface area contributed by atoms with Crippen molar-refractivity contribution >= 4 is 78.9 Å². The van der Waals surface area contributed by atoms with E-state index >= 15 is 0 Å². The Labute approximate surface area is 218 Å². The highest BCUT2D eigenvalue weighted by Gasteiger charge is 2.23. The Balaban J connectivity index is 1.43. The predicted octanol–water partition coefficient (Wildman–Crippen LogP) is 7.55. The van der Waals surface area contributed by atoms with Crippen LogP contribution >= 0.6 is 38.9 Å². The molecule has 35 heavy (non-hydrogen) atoms. The molecule has 8 heteroatoms. The van der Waals surface area contributed by atoms with E-state index in [1.54, 1.807) is 30.4 Å². The number of thiophene rings is 1. The zero-order valence-corrected chi connectivity index (χ0v) is 21.1. The Hall–Kier alpha value is -3.52. The molecule has 4 aromatic rings. The van der Waals surface area contributed by atoms with Gasteiger partial charge >= 0.3 is 11.9 Å². The molecule has 0 spiro atoms. The molecule has 1 aliphatic rings. The summed E-state index contributed by atoms with van der Waals surface area (Å²) in [5.74, 6) is -0.740. The minimum atomic E-state index is -0.595.